The van der Waals surface area contributed by atoms with Gasteiger partial charge in [-0.25, -0.2) is 0 Å². The molecule has 1 rings (SSSR count). The normalized spacial score (nSPS) is 12.7. The van der Waals surface area contributed by atoms with E-state index in [0.29, 0.717) is 6.04 Å². The molecule has 2 N–H and O–H groups in total. The lowest BCUT2D eigenvalue weighted by Gasteiger charge is -2.15. The molecule has 0 saturated heterocycles. The van der Waals surface area contributed by atoms with E-state index in [-0.39, 0.29) is 6.61 Å². The van der Waals surface area contributed by atoms with Gasteiger partial charge in [0.1, 0.15) is 0 Å². The topological polar surface area (TPSA) is 32.3 Å². The number of benzene rings is 1. The first-order chi connectivity index (χ1) is 8.19. The first-order valence-electron chi connectivity index (χ1n) is 5.95. The van der Waals surface area contributed by atoms with E-state index in [1.807, 2.05) is 0 Å². The summed E-state index contributed by atoms with van der Waals surface area (Å²) in [4.78, 5) is 1.19. The Morgan fingerprint density at radius 1 is 1.47 bits per heavy atom. The molecule has 1 aromatic carbocycles. The maximum absolute atomic E-state index is 8.81. The first kappa shape index (κ1) is 15.0. The second-order valence-corrected chi connectivity index (χ2v) is 5.93. The van der Waals surface area contributed by atoms with Crippen LogP contribution in [0.3, 0.4) is 0 Å². The van der Waals surface area contributed by atoms with Gasteiger partial charge in [-0.15, -0.1) is 11.8 Å². The van der Waals surface area contributed by atoms with Gasteiger partial charge in [0.05, 0.1) is 6.61 Å². The van der Waals surface area contributed by atoms with Crippen LogP contribution in [0.25, 0.3) is 0 Å². The zero-order chi connectivity index (χ0) is 12.7. The van der Waals surface area contributed by atoms with E-state index in [2.05, 4.69) is 53.3 Å². The standard InChI is InChI=1S/C13H20BrNOS/c1-3-6-15-10(2)11-4-5-13(12(14)9-11)17-8-7-16/h4-5,9-10,15-16H,3,6-8H2,1-2H3. The highest BCUT2D eigenvalue weighted by Gasteiger charge is 2.07. The van der Waals surface area contributed by atoms with Gasteiger partial charge in [-0.1, -0.05) is 13.0 Å². The highest BCUT2D eigenvalue weighted by atomic mass is 79.9. The summed E-state index contributed by atoms with van der Waals surface area (Å²) >= 11 is 5.25. The quantitative estimate of drug-likeness (QED) is 0.754. The molecule has 2 nitrogen and oxygen atoms in total. The van der Waals surface area contributed by atoms with Crippen LogP contribution in [0.2, 0.25) is 0 Å². The van der Waals surface area contributed by atoms with E-state index in [9.17, 15) is 0 Å². The van der Waals surface area contributed by atoms with Crippen molar-refractivity contribution in [1.82, 2.24) is 5.32 Å². The third-order valence-electron chi connectivity index (χ3n) is 2.51. The van der Waals surface area contributed by atoms with Gasteiger partial charge in [-0.05, 0) is 53.5 Å². The highest BCUT2D eigenvalue weighted by Crippen LogP contribution is 2.29. The van der Waals surface area contributed by atoms with E-state index >= 15 is 0 Å². The van der Waals surface area contributed by atoms with Crippen molar-refractivity contribution in [3.63, 3.8) is 0 Å². The summed E-state index contributed by atoms with van der Waals surface area (Å²) in [6, 6.07) is 6.80. The molecule has 0 fully saturated rings. The Kier molecular flexibility index (Phi) is 7.19. The number of aliphatic hydroxyl groups excluding tert-OH is 1. The zero-order valence-corrected chi connectivity index (χ0v) is 12.8. The molecular weight excluding hydrogens is 298 g/mol. The maximum atomic E-state index is 8.81. The van der Waals surface area contributed by atoms with Gasteiger partial charge in [0.2, 0.25) is 0 Å². The lowest BCUT2D eigenvalue weighted by Crippen LogP contribution is -2.19. The Labute approximate surface area is 116 Å². The molecule has 0 heterocycles. The van der Waals surface area contributed by atoms with E-state index in [4.69, 9.17) is 5.11 Å². The molecule has 0 aliphatic carbocycles. The largest absolute Gasteiger partial charge is 0.396 e. The molecule has 0 radical (unpaired) electrons. The fourth-order valence-corrected chi connectivity index (χ4v) is 2.95. The molecule has 4 heteroatoms. The highest BCUT2D eigenvalue weighted by molar-refractivity contribution is 9.10. The molecule has 1 atom stereocenters. The summed E-state index contributed by atoms with van der Waals surface area (Å²) in [6.45, 7) is 5.61. The van der Waals surface area contributed by atoms with Crippen molar-refractivity contribution >= 4 is 27.7 Å². The van der Waals surface area contributed by atoms with Crippen LogP contribution in [0.5, 0.6) is 0 Å². The average molecular weight is 318 g/mol. The van der Waals surface area contributed by atoms with Crippen LogP contribution in [0, 0.1) is 0 Å². The summed E-state index contributed by atoms with van der Waals surface area (Å²) in [6.07, 6.45) is 1.15. The Bertz CT molecular complexity index is 346. The monoisotopic (exact) mass is 317 g/mol. The second kappa shape index (κ2) is 8.14. The van der Waals surface area contributed by atoms with Crippen molar-refractivity contribution in [2.45, 2.75) is 31.2 Å². The summed E-state index contributed by atoms with van der Waals surface area (Å²) in [7, 11) is 0. The fraction of sp³-hybridized carbons (Fsp3) is 0.538. The van der Waals surface area contributed by atoms with Crippen LogP contribution in [-0.2, 0) is 0 Å². The Morgan fingerprint density at radius 3 is 2.82 bits per heavy atom. The molecule has 0 saturated carbocycles. The van der Waals surface area contributed by atoms with Crippen LogP contribution in [0.1, 0.15) is 31.9 Å². The van der Waals surface area contributed by atoms with E-state index in [0.717, 1.165) is 23.2 Å². The van der Waals surface area contributed by atoms with E-state index in [1.165, 1.54) is 10.5 Å². The maximum Gasteiger partial charge on any atom is 0.0525 e. The number of aliphatic hydroxyl groups is 1. The predicted molar refractivity (Wildman–Crippen MR) is 78.7 cm³/mol. The number of rotatable bonds is 7. The lowest BCUT2D eigenvalue weighted by atomic mass is 10.1. The molecule has 1 unspecified atom stereocenters. The minimum atomic E-state index is 0.216. The Morgan fingerprint density at radius 2 is 2.24 bits per heavy atom. The van der Waals surface area contributed by atoms with Crippen LogP contribution in [0.15, 0.2) is 27.6 Å². The number of thioether (sulfide) groups is 1. The molecule has 17 heavy (non-hydrogen) atoms. The van der Waals surface area contributed by atoms with Crippen molar-refractivity contribution in [2.75, 3.05) is 18.9 Å². The van der Waals surface area contributed by atoms with Crippen molar-refractivity contribution in [3.05, 3.63) is 28.2 Å². The molecule has 0 aromatic heterocycles. The van der Waals surface area contributed by atoms with Crippen molar-refractivity contribution in [1.29, 1.82) is 0 Å². The van der Waals surface area contributed by atoms with Crippen LogP contribution in [-0.4, -0.2) is 24.0 Å². The molecule has 0 amide bonds. The molecule has 96 valence electrons. The number of hydrogen-bond donors (Lipinski definition) is 2. The van der Waals surface area contributed by atoms with Gasteiger partial charge in [0, 0.05) is 21.2 Å². The first-order valence-corrected chi connectivity index (χ1v) is 7.73. The minimum absolute atomic E-state index is 0.216. The van der Waals surface area contributed by atoms with Gasteiger partial charge >= 0.3 is 0 Å². The molecular formula is C13H20BrNOS. The van der Waals surface area contributed by atoms with E-state index in [1.54, 1.807) is 11.8 Å². The summed E-state index contributed by atoms with van der Waals surface area (Å²) in [5.41, 5.74) is 1.29. The number of hydrogen-bond acceptors (Lipinski definition) is 3. The minimum Gasteiger partial charge on any atom is -0.396 e. The molecule has 0 aliphatic rings. The summed E-state index contributed by atoms with van der Waals surface area (Å²) in [5, 5.41) is 12.3. The van der Waals surface area contributed by atoms with Crippen molar-refractivity contribution < 1.29 is 5.11 Å². The fourth-order valence-electron chi connectivity index (χ4n) is 1.54. The molecule has 0 aliphatic heterocycles. The van der Waals surface area contributed by atoms with Gasteiger partial charge in [-0.2, -0.15) is 0 Å². The molecule has 0 bridgehead atoms. The number of nitrogens with one attached hydrogen (secondary N) is 1. The third kappa shape index (κ3) is 5.00. The summed E-state index contributed by atoms with van der Waals surface area (Å²) < 4.78 is 1.11. The van der Waals surface area contributed by atoms with Gasteiger partial charge < -0.3 is 10.4 Å². The molecule has 1 aromatic rings. The smallest absolute Gasteiger partial charge is 0.0525 e. The average Bonchev–Trinajstić information content (AvgIpc) is 2.34. The molecule has 0 spiro atoms. The summed E-state index contributed by atoms with van der Waals surface area (Å²) in [5.74, 6) is 0.738. The van der Waals surface area contributed by atoms with Gasteiger partial charge in [-0.3, -0.25) is 0 Å². The Balaban J connectivity index is 2.67. The predicted octanol–water partition coefficient (Wildman–Crippen LogP) is 3.59. The SMILES string of the molecule is CCCNC(C)c1ccc(SCCO)c(Br)c1. The van der Waals surface area contributed by atoms with Crippen molar-refractivity contribution in [2.24, 2.45) is 0 Å². The van der Waals surface area contributed by atoms with Crippen LogP contribution < -0.4 is 5.32 Å². The van der Waals surface area contributed by atoms with Gasteiger partial charge in [0.25, 0.3) is 0 Å². The number of halogens is 1. The van der Waals surface area contributed by atoms with Crippen LogP contribution >= 0.6 is 27.7 Å². The van der Waals surface area contributed by atoms with E-state index < -0.39 is 0 Å². The van der Waals surface area contributed by atoms with Gasteiger partial charge in [0.15, 0.2) is 0 Å². The lowest BCUT2D eigenvalue weighted by molar-refractivity contribution is 0.322. The zero-order valence-electron chi connectivity index (χ0n) is 10.4. The Hall–Kier alpha value is -0.0300. The third-order valence-corrected chi connectivity index (χ3v) is 4.48. The second-order valence-electron chi connectivity index (χ2n) is 3.94. The van der Waals surface area contributed by atoms with Crippen LogP contribution in [0.4, 0.5) is 0 Å². The van der Waals surface area contributed by atoms with Crippen molar-refractivity contribution in [3.8, 4) is 0 Å².